The van der Waals surface area contributed by atoms with Gasteiger partial charge >= 0.3 is 0 Å². The van der Waals surface area contributed by atoms with Crippen LogP contribution < -0.4 is 0 Å². The van der Waals surface area contributed by atoms with E-state index < -0.39 is 0 Å². The molecule has 0 saturated carbocycles. The van der Waals surface area contributed by atoms with Crippen LogP contribution in [0.3, 0.4) is 0 Å². The van der Waals surface area contributed by atoms with E-state index in [4.69, 9.17) is 0 Å². The van der Waals surface area contributed by atoms with Gasteiger partial charge in [0.2, 0.25) is 0 Å². The molecule has 2 bridgehead atoms. The van der Waals surface area contributed by atoms with E-state index >= 15 is 0 Å². The third-order valence-electron chi connectivity index (χ3n) is 7.05. The molecule has 1 saturated heterocycles. The second-order valence-electron chi connectivity index (χ2n) is 8.42. The van der Waals surface area contributed by atoms with Gasteiger partial charge in [0.1, 0.15) is 12.3 Å². The van der Waals surface area contributed by atoms with Gasteiger partial charge in [-0.25, -0.2) is 0 Å². The Labute approximate surface area is 145 Å². The molecule has 1 heterocycles. The van der Waals surface area contributed by atoms with Crippen LogP contribution >= 0.6 is 0 Å². The molecule has 2 aliphatic rings. The van der Waals surface area contributed by atoms with E-state index in [2.05, 4.69) is 57.3 Å². The molecule has 0 amide bonds. The Kier molecular flexibility index (Phi) is 3.50. The Morgan fingerprint density at radius 2 is 1.92 bits per heavy atom. The number of piperidine rings is 1. The number of rotatable bonds is 2. The monoisotopic (exact) mass is 322 g/mol. The minimum Gasteiger partial charge on any atom is -0.508 e. The van der Waals surface area contributed by atoms with Crippen molar-refractivity contribution in [3.63, 3.8) is 0 Å². The Morgan fingerprint density at radius 3 is 2.67 bits per heavy atom. The molecule has 2 nitrogen and oxygen atoms in total. The minimum atomic E-state index is 0.186. The molecule has 4 unspecified atom stereocenters. The summed E-state index contributed by atoms with van der Waals surface area (Å²) in [6.45, 7) is 7.15. The second-order valence-corrected chi connectivity index (χ2v) is 8.42. The number of quaternary nitrogens is 1. The quantitative estimate of drug-likeness (QED) is 0.819. The molecule has 2 aromatic carbocycles. The van der Waals surface area contributed by atoms with Gasteiger partial charge in [-0.05, 0) is 23.3 Å². The third-order valence-corrected chi connectivity index (χ3v) is 7.05. The van der Waals surface area contributed by atoms with Gasteiger partial charge in [0.15, 0.2) is 0 Å². The van der Waals surface area contributed by atoms with Crippen molar-refractivity contribution in [2.75, 3.05) is 13.6 Å². The first-order valence-electron chi connectivity index (χ1n) is 9.13. The molecular weight excluding hydrogens is 294 g/mol. The van der Waals surface area contributed by atoms with Gasteiger partial charge < -0.3 is 9.59 Å². The maximum Gasteiger partial charge on any atom is 0.115 e. The van der Waals surface area contributed by atoms with Crippen molar-refractivity contribution in [1.82, 2.24) is 0 Å². The molecule has 1 fully saturated rings. The first kappa shape index (κ1) is 15.7. The number of benzene rings is 2. The average Bonchev–Trinajstić information content (AvgIpc) is 2.57. The van der Waals surface area contributed by atoms with E-state index in [-0.39, 0.29) is 5.41 Å². The minimum absolute atomic E-state index is 0.186. The van der Waals surface area contributed by atoms with Crippen molar-refractivity contribution >= 4 is 0 Å². The number of hydrogen-bond acceptors (Lipinski definition) is 1. The zero-order valence-corrected chi connectivity index (χ0v) is 15.0. The summed E-state index contributed by atoms with van der Waals surface area (Å²) in [6, 6.07) is 17.6. The number of nitrogens with zero attached hydrogens (tertiary/aromatic N) is 1. The number of phenols is 1. The highest BCUT2D eigenvalue weighted by Crippen LogP contribution is 2.51. The summed E-state index contributed by atoms with van der Waals surface area (Å²) in [6.07, 6.45) is 2.31. The van der Waals surface area contributed by atoms with Crippen LogP contribution in [0.15, 0.2) is 48.5 Å². The topological polar surface area (TPSA) is 20.2 Å². The normalized spacial score (nSPS) is 34.6. The molecule has 1 N–H and O–H groups in total. The first-order chi connectivity index (χ1) is 11.4. The molecule has 4 rings (SSSR count). The maximum absolute atomic E-state index is 9.98. The van der Waals surface area contributed by atoms with Gasteiger partial charge in [-0.3, -0.25) is 0 Å². The summed E-state index contributed by atoms with van der Waals surface area (Å²) < 4.78 is 1.13. The van der Waals surface area contributed by atoms with Crippen molar-refractivity contribution in [2.45, 2.75) is 44.7 Å². The Morgan fingerprint density at radius 1 is 1.17 bits per heavy atom. The van der Waals surface area contributed by atoms with Crippen LogP contribution in [0.25, 0.3) is 0 Å². The molecular formula is C22H28NO+. The Bertz CT molecular complexity index is 756. The van der Waals surface area contributed by atoms with Crippen molar-refractivity contribution in [3.05, 3.63) is 65.2 Å². The van der Waals surface area contributed by atoms with E-state index in [0.29, 0.717) is 17.7 Å². The van der Waals surface area contributed by atoms with E-state index in [0.717, 1.165) is 17.4 Å². The van der Waals surface area contributed by atoms with Gasteiger partial charge in [-0.1, -0.05) is 50.2 Å². The van der Waals surface area contributed by atoms with Crippen LogP contribution in [-0.2, 0) is 18.4 Å². The number of fused-ring (bicyclic) bond motifs is 4. The molecule has 2 aromatic rings. The molecule has 0 radical (unpaired) electrons. The molecule has 1 aliphatic heterocycles. The van der Waals surface area contributed by atoms with Gasteiger partial charge in [-0.2, -0.15) is 0 Å². The second kappa shape index (κ2) is 5.35. The van der Waals surface area contributed by atoms with E-state index in [1.165, 1.54) is 29.7 Å². The fourth-order valence-electron chi connectivity index (χ4n) is 5.32. The summed E-state index contributed by atoms with van der Waals surface area (Å²) in [5.41, 5.74) is 4.45. The predicted octanol–water partition coefficient (Wildman–Crippen LogP) is 4.26. The van der Waals surface area contributed by atoms with Crippen molar-refractivity contribution < 1.29 is 9.59 Å². The van der Waals surface area contributed by atoms with E-state index in [9.17, 15) is 5.11 Å². The van der Waals surface area contributed by atoms with Crippen LogP contribution in [0.2, 0.25) is 0 Å². The standard InChI is InChI=1S/C22H27NO/c1-16-21-13-18-9-10-19(24)14-20(18)22(16,2)11-12-23(21,3)15-17-7-5-4-6-8-17/h4-10,14,16,21H,11-13,15H2,1-3H3/p+1. The van der Waals surface area contributed by atoms with E-state index in [1.54, 1.807) is 0 Å². The average molecular weight is 322 g/mol. The SMILES string of the molecule is CC1C2Cc3ccc(O)cc3C1(C)CC[N+]2(C)Cc1ccccc1. The molecule has 2 heteroatoms. The van der Waals surface area contributed by atoms with Crippen LogP contribution in [0.1, 0.15) is 37.0 Å². The highest BCUT2D eigenvalue weighted by atomic mass is 16.3. The largest absolute Gasteiger partial charge is 0.508 e. The number of hydrogen-bond donors (Lipinski definition) is 1. The fourth-order valence-corrected chi connectivity index (χ4v) is 5.32. The molecule has 1 aliphatic carbocycles. The van der Waals surface area contributed by atoms with Gasteiger partial charge in [-0.15, -0.1) is 0 Å². The molecule has 126 valence electrons. The Hall–Kier alpha value is -1.80. The zero-order valence-electron chi connectivity index (χ0n) is 15.0. The molecule has 4 atom stereocenters. The van der Waals surface area contributed by atoms with Gasteiger partial charge in [0.25, 0.3) is 0 Å². The number of likely N-dealkylation sites (tertiary alicyclic amines) is 1. The summed E-state index contributed by atoms with van der Waals surface area (Å²) in [7, 11) is 2.44. The fraction of sp³-hybridized carbons (Fsp3) is 0.455. The lowest BCUT2D eigenvalue weighted by atomic mass is 9.58. The summed E-state index contributed by atoms with van der Waals surface area (Å²) in [5, 5.41) is 9.98. The lowest BCUT2D eigenvalue weighted by molar-refractivity contribution is -0.956. The van der Waals surface area contributed by atoms with Crippen LogP contribution in [0.4, 0.5) is 0 Å². The van der Waals surface area contributed by atoms with Crippen LogP contribution in [0.5, 0.6) is 5.75 Å². The Balaban J connectivity index is 1.73. The molecule has 24 heavy (non-hydrogen) atoms. The smallest absolute Gasteiger partial charge is 0.115 e. The van der Waals surface area contributed by atoms with Crippen molar-refractivity contribution in [2.24, 2.45) is 5.92 Å². The predicted molar refractivity (Wildman–Crippen MR) is 97.9 cm³/mol. The number of likely N-dealkylation sites (N-methyl/N-ethyl adjacent to an activating group) is 1. The highest BCUT2D eigenvalue weighted by Gasteiger charge is 2.54. The van der Waals surface area contributed by atoms with Crippen LogP contribution in [0, 0.1) is 5.92 Å². The molecule has 0 spiro atoms. The third kappa shape index (κ3) is 2.28. The first-order valence-corrected chi connectivity index (χ1v) is 9.13. The number of phenolic OH excluding ortho intramolecular Hbond substituents is 1. The number of aromatic hydroxyl groups is 1. The van der Waals surface area contributed by atoms with E-state index in [1.807, 2.05) is 12.1 Å². The van der Waals surface area contributed by atoms with Gasteiger partial charge in [0.05, 0.1) is 19.6 Å². The van der Waals surface area contributed by atoms with Crippen molar-refractivity contribution in [3.8, 4) is 5.75 Å². The zero-order chi connectivity index (χ0) is 16.9. The maximum atomic E-state index is 9.98. The molecule has 0 aromatic heterocycles. The van der Waals surface area contributed by atoms with Crippen LogP contribution in [-0.4, -0.2) is 29.2 Å². The lowest BCUT2D eigenvalue weighted by Gasteiger charge is -2.58. The summed E-state index contributed by atoms with van der Waals surface area (Å²) in [4.78, 5) is 0. The highest BCUT2D eigenvalue weighted by molar-refractivity contribution is 5.43. The lowest BCUT2D eigenvalue weighted by Crippen LogP contribution is -2.66. The van der Waals surface area contributed by atoms with Crippen molar-refractivity contribution in [1.29, 1.82) is 0 Å². The summed E-state index contributed by atoms with van der Waals surface area (Å²) >= 11 is 0. The summed E-state index contributed by atoms with van der Waals surface area (Å²) in [5.74, 6) is 1.03. The van der Waals surface area contributed by atoms with Gasteiger partial charge in [0, 0.05) is 29.7 Å².